The number of rotatable bonds is 4. The summed E-state index contributed by atoms with van der Waals surface area (Å²) in [4.78, 5) is 0. The van der Waals surface area contributed by atoms with E-state index in [2.05, 4.69) is 0 Å². The van der Waals surface area contributed by atoms with Crippen LogP contribution >= 0.6 is 0 Å². The van der Waals surface area contributed by atoms with Crippen molar-refractivity contribution >= 4 is 0 Å². The van der Waals surface area contributed by atoms with Gasteiger partial charge < -0.3 is 23.7 Å². The van der Waals surface area contributed by atoms with Crippen LogP contribution in [0.25, 0.3) is 0 Å². The molecule has 5 heteroatoms. The molecular formula is C8H12O5. The first-order chi connectivity index (χ1) is 6.18. The largest absolute Gasteiger partial charge is 0.493 e. The van der Waals surface area contributed by atoms with E-state index in [4.69, 9.17) is 18.6 Å². The Labute approximate surface area is 75.8 Å². The van der Waals surface area contributed by atoms with E-state index in [9.17, 15) is 5.11 Å². The molecule has 0 aliphatic rings. The first-order valence-electron chi connectivity index (χ1n) is 3.62. The lowest BCUT2D eigenvalue weighted by atomic mass is 10.3. The molecule has 0 bridgehead atoms. The van der Waals surface area contributed by atoms with Crippen molar-refractivity contribution in [2.24, 2.45) is 0 Å². The van der Waals surface area contributed by atoms with Crippen molar-refractivity contribution in [3.63, 3.8) is 0 Å². The van der Waals surface area contributed by atoms with Crippen molar-refractivity contribution in [1.82, 2.24) is 0 Å². The highest BCUT2D eigenvalue weighted by Crippen LogP contribution is 2.31. The van der Waals surface area contributed by atoms with Gasteiger partial charge >= 0.3 is 5.97 Å². The minimum Gasteiger partial charge on any atom is -0.493 e. The molecule has 0 spiro atoms. The summed E-state index contributed by atoms with van der Waals surface area (Å²) in [6, 6.07) is 1.55. The fourth-order valence-electron chi connectivity index (χ4n) is 0.957. The molecule has 0 aromatic carbocycles. The predicted molar refractivity (Wildman–Crippen MR) is 43.2 cm³/mol. The lowest BCUT2D eigenvalue weighted by molar-refractivity contribution is -0.361. The molecule has 1 N–H and O–H groups in total. The van der Waals surface area contributed by atoms with Crippen LogP contribution in [0.2, 0.25) is 0 Å². The molecule has 0 unspecified atom stereocenters. The van der Waals surface area contributed by atoms with Gasteiger partial charge in [0.15, 0.2) is 5.75 Å². The molecule has 0 radical (unpaired) electrons. The summed E-state index contributed by atoms with van der Waals surface area (Å²) in [6.45, 7) is 0. The summed E-state index contributed by atoms with van der Waals surface area (Å²) in [5.41, 5.74) is 0. The van der Waals surface area contributed by atoms with Gasteiger partial charge in [0.2, 0.25) is 5.76 Å². The number of hydrogen-bond donors (Lipinski definition) is 1. The van der Waals surface area contributed by atoms with Gasteiger partial charge in [-0.1, -0.05) is 0 Å². The van der Waals surface area contributed by atoms with E-state index in [-0.39, 0.29) is 5.76 Å². The maximum absolute atomic E-state index is 9.68. The number of methoxy groups -OCH3 is 3. The number of hydrogen-bond acceptors (Lipinski definition) is 5. The van der Waals surface area contributed by atoms with Gasteiger partial charge in [-0.25, -0.2) is 0 Å². The van der Waals surface area contributed by atoms with Crippen molar-refractivity contribution in [3.05, 3.63) is 18.1 Å². The third kappa shape index (κ3) is 1.67. The van der Waals surface area contributed by atoms with Gasteiger partial charge in [-0.05, 0) is 0 Å². The lowest BCUT2D eigenvalue weighted by Gasteiger charge is -2.21. The first kappa shape index (κ1) is 10.0. The third-order valence-electron chi connectivity index (χ3n) is 1.69. The van der Waals surface area contributed by atoms with Crippen LogP contribution in [0.15, 0.2) is 16.7 Å². The summed E-state index contributed by atoms with van der Waals surface area (Å²) in [5.74, 6) is -1.44. The topological polar surface area (TPSA) is 61.1 Å². The van der Waals surface area contributed by atoms with Gasteiger partial charge in [0, 0.05) is 20.3 Å². The molecule has 1 heterocycles. The quantitative estimate of drug-likeness (QED) is 0.704. The van der Waals surface area contributed by atoms with Gasteiger partial charge in [0.25, 0.3) is 0 Å². The zero-order valence-corrected chi connectivity index (χ0v) is 7.73. The van der Waals surface area contributed by atoms with Crippen LogP contribution in [-0.2, 0) is 15.4 Å². The molecule has 0 aliphatic carbocycles. The Morgan fingerprint density at radius 3 is 2.38 bits per heavy atom. The minimum absolute atomic E-state index is 0.0833. The zero-order chi connectivity index (χ0) is 9.90. The van der Waals surface area contributed by atoms with Gasteiger partial charge in [-0.15, -0.1) is 0 Å². The molecular weight excluding hydrogens is 176 g/mol. The van der Waals surface area contributed by atoms with Crippen LogP contribution in [0.4, 0.5) is 0 Å². The Kier molecular flexibility index (Phi) is 2.92. The molecule has 1 rings (SSSR count). The summed E-state index contributed by atoms with van der Waals surface area (Å²) in [5, 5.41) is 9.68. The number of ether oxygens (including phenoxy) is 3. The van der Waals surface area contributed by atoms with E-state index in [0.29, 0.717) is 5.75 Å². The van der Waals surface area contributed by atoms with E-state index in [1.54, 1.807) is 6.07 Å². The standard InChI is InChI=1S/C8H12O5/c1-10-6-4-5-13-7(6)8(9,11-2)12-3/h4-5,9H,1-3H3. The van der Waals surface area contributed by atoms with Crippen molar-refractivity contribution in [3.8, 4) is 5.75 Å². The predicted octanol–water partition coefficient (Wildman–Crippen LogP) is 0.684. The molecule has 0 saturated heterocycles. The average Bonchev–Trinajstić information content (AvgIpc) is 2.65. The smallest absolute Gasteiger partial charge is 0.347 e. The molecule has 5 nitrogen and oxygen atoms in total. The fraction of sp³-hybridized carbons (Fsp3) is 0.500. The van der Waals surface area contributed by atoms with E-state index in [1.807, 2.05) is 0 Å². The van der Waals surface area contributed by atoms with Gasteiger partial charge in [0.05, 0.1) is 13.4 Å². The second-order valence-corrected chi connectivity index (χ2v) is 2.31. The monoisotopic (exact) mass is 188 g/mol. The third-order valence-corrected chi connectivity index (χ3v) is 1.69. The maximum atomic E-state index is 9.68. The van der Waals surface area contributed by atoms with Gasteiger partial charge in [-0.3, -0.25) is 0 Å². The highest BCUT2D eigenvalue weighted by atomic mass is 16.8. The SMILES string of the molecule is COc1ccoc1C(O)(OC)OC. The second kappa shape index (κ2) is 3.78. The van der Waals surface area contributed by atoms with E-state index in [1.165, 1.54) is 27.6 Å². The first-order valence-corrected chi connectivity index (χ1v) is 3.62. The van der Waals surface area contributed by atoms with Crippen LogP contribution in [0.1, 0.15) is 5.76 Å². The van der Waals surface area contributed by atoms with Crippen LogP contribution in [-0.4, -0.2) is 26.4 Å². The van der Waals surface area contributed by atoms with Crippen molar-refractivity contribution in [1.29, 1.82) is 0 Å². The summed E-state index contributed by atoms with van der Waals surface area (Å²) < 4.78 is 19.4. The molecule has 0 atom stereocenters. The Morgan fingerprint density at radius 1 is 1.31 bits per heavy atom. The van der Waals surface area contributed by atoms with Crippen LogP contribution < -0.4 is 4.74 Å². The van der Waals surface area contributed by atoms with Crippen molar-refractivity contribution in [2.75, 3.05) is 21.3 Å². The zero-order valence-electron chi connectivity index (χ0n) is 7.73. The molecule has 0 saturated carbocycles. The maximum Gasteiger partial charge on any atom is 0.347 e. The normalized spacial score (nSPS) is 11.7. The van der Waals surface area contributed by atoms with Crippen molar-refractivity contribution in [2.45, 2.75) is 5.97 Å². The Balaban J connectivity index is 3.03. The minimum atomic E-state index is -1.89. The van der Waals surface area contributed by atoms with E-state index in [0.717, 1.165) is 0 Å². The van der Waals surface area contributed by atoms with Crippen LogP contribution in [0, 0.1) is 0 Å². The fourth-order valence-corrected chi connectivity index (χ4v) is 0.957. The summed E-state index contributed by atoms with van der Waals surface area (Å²) >= 11 is 0. The van der Waals surface area contributed by atoms with Crippen molar-refractivity contribution < 1.29 is 23.7 Å². The Bertz CT molecular complexity index is 263. The molecule has 13 heavy (non-hydrogen) atoms. The average molecular weight is 188 g/mol. The molecule has 1 aromatic rings. The van der Waals surface area contributed by atoms with Crippen LogP contribution in [0.5, 0.6) is 5.75 Å². The number of furan rings is 1. The van der Waals surface area contributed by atoms with Gasteiger partial charge in [-0.2, -0.15) is 0 Å². The highest BCUT2D eigenvalue weighted by Gasteiger charge is 2.36. The van der Waals surface area contributed by atoms with E-state index >= 15 is 0 Å². The Hall–Kier alpha value is -1.04. The van der Waals surface area contributed by atoms with E-state index < -0.39 is 5.97 Å². The summed E-state index contributed by atoms with van der Waals surface area (Å²) in [6.07, 6.45) is 1.37. The molecule has 0 amide bonds. The molecule has 0 fully saturated rings. The highest BCUT2D eigenvalue weighted by molar-refractivity contribution is 5.26. The lowest BCUT2D eigenvalue weighted by Crippen LogP contribution is -2.30. The number of aliphatic hydroxyl groups is 1. The van der Waals surface area contributed by atoms with Crippen LogP contribution in [0.3, 0.4) is 0 Å². The second-order valence-electron chi connectivity index (χ2n) is 2.31. The Morgan fingerprint density at radius 2 is 1.92 bits per heavy atom. The molecule has 74 valence electrons. The molecule has 0 aliphatic heterocycles. The summed E-state index contributed by atoms with van der Waals surface area (Å²) in [7, 11) is 4.05. The van der Waals surface area contributed by atoms with Gasteiger partial charge in [0.1, 0.15) is 0 Å². The molecule has 1 aromatic heterocycles.